The van der Waals surface area contributed by atoms with Crippen molar-refractivity contribution in [2.45, 2.75) is 10.8 Å². The van der Waals surface area contributed by atoms with Gasteiger partial charge >= 0.3 is 0 Å². The summed E-state index contributed by atoms with van der Waals surface area (Å²) in [6.45, 7) is 0. The van der Waals surface area contributed by atoms with Gasteiger partial charge in [-0.3, -0.25) is 5.10 Å². The van der Waals surface area contributed by atoms with Crippen LogP contribution in [0.2, 0.25) is 0 Å². The average Bonchev–Trinajstić information content (AvgIpc) is 3.01. The Hall–Kier alpha value is -2.20. The third kappa shape index (κ3) is 3.22. The van der Waals surface area contributed by atoms with E-state index in [-0.39, 0.29) is 0 Å². The zero-order valence-electron chi connectivity index (χ0n) is 10.8. The van der Waals surface area contributed by atoms with Crippen molar-refractivity contribution in [2.75, 3.05) is 0 Å². The lowest BCUT2D eigenvalue weighted by atomic mass is 10.2. The first kappa shape index (κ1) is 12.8. The molecule has 4 heteroatoms. The number of thioether (sulfide) groups is 1. The number of benzene rings is 2. The van der Waals surface area contributed by atoms with Gasteiger partial charge in [0.05, 0.1) is 5.03 Å². The van der Waals surface area contributed by atoms with Crippen LogP contribution in [0.5, 0.6) is 11.5 Å². The molecular weight excluding hydrogens is 268 g/mol. The monoisotopic (exact) mass is 282 g/mol. The Labute approximate surface area is 122 Å². The molecule has 0 aliphatic carbocycles. The van der Waals surface area contributed by atoms with Crippen LogP contribution < -0.4 is 4.74 Å². The van der Waals surface area contributed by atoms with E-state index in [9.17, 15) is 0 Å². The molecule has 0 radical (unpaired) electrons. The molecule has 2 aromatic carbocycles. The average molecular weight is 282 g/mol. The van der Waals surface area contributed by atoms with E-state index in [0.717, 1.165) is 27.8 Å². The Morgan fingerprint density at radius 1 is 0.950 bits per heavy atom. The molecule has 0 amide bonds. The zero-order valence-corrected chi connectivity index (χ0v) is 11.6. The Balaban J connectivity index is 1.74. The van der Waals surface area contributed by atoms with Crippen LogP contribution in [0.4, 0.5) is 0 Å². The number of aromatic amines is 1. The summed E-state index contributed by atoms with van der Waals surface area (Å²) in [5.41, 5.74) is 1.16. The van der Waals surface area contributed by atoms with Gasteiger partial charge in [0.25, 0.3) is 0 Å². The van der Waals surface area contributed by atoms with Gasteiger partial charge in [-0.25, -0.2) is 0 Å². The lowest BCUT2D eigenvalue weighted by Crippen LogP contribution is -1.90. The third-order valence-electron chi connectivity index (χ3n) is 2.80. The maximum atomic E-state index is 5.94. The first-order valence-corrected chi connectivity index (χ1v) is 7.33. The maximum absolute atomic E-state index is 5.94. The fourth-order valence-electron chi connectivity index (χ4n) is 1.82. The molecule has 0 fully saturated rings. The number of hydrogen-bond acceptors (Lipinski definition) is 3. The van der Waals surface area contributed by atoms with Gasteiger partial charge in [-0.15, -0.1) is 11.8 Å². The zero-order chi connectivity index (χ0) is 13.6. The van der Waals surface area contributed by atoms with Crippen LogP contribution in [-0.2, 0) is 5.75 Å². The van der Waals surface area contributed by atoms with E-state index in [1.807, 2.05) is 54.6 Å². The summed E-state index contributed by atoms with van der Waals surface area (Å²) >= 11 is 1.71. The van der Waals surface area contributed by atoms with Gasteiger partial charge in [-0.05, 0) is 24.3 Å². The van der Waals surface area contributed by atoms with E-state index in [2.05, 4.69) is 16.3 Å². The molecule has 0 aliphatic heterocycles. The molecule has 0 aliphatic rings. The molecule has 3 aromatic rings. The molecule has 1 N–H and O–H groups in total. The number of rotatable bonds is 5. The van der Waals surface area contributed by atoms with Gasteiger partial charge in [-0.1, -0.05) is 36.4 Å². The molecule has 0 saturated carbocycles. The number of H-pyrrole nitrogens is 1. The molecule has 20 heavy (non-hydrogen) atoms. The van der Waals surface area contributed by atoms with E-state index >= 15 is 0 Å². The standard InChI is InChI=1S/C16H14N2OS/c1-2-7-14(8-3-1)19-15-9-5-4-6-13(15)12-20-16-10-11-17-18-16/h1-11H,12H2,(H,17,18). The Morgan fingerprint density at radius 3 is 2.55 bits per heavy atom. The summed E-state index contributed by atoms with van der Waals surface area (Å²) in [5.74, 6) is 2.59. The summed E-state index contributed by atoms with van der Waals surface area (Å²) < 4.78 is 5.94. The summed E-state index contributed by atoms with van der Waals surface area (Å²) in [5, 5.41) is 7.95. The molecule has 3 nitrogen and oxygen atoms in total. The van der Waals surface area contributed by atoms with Gasteiger partial charge in [0.2, 0.25) is 0 Å². The van der Waals surface area contributed by atoms with Crippen LogP contribution in [-0.4, -0.2) is 10.2 Å². The highest BCUT2D eigenvalue weighted by Crippen LogP contribution is 2.29. The molecule has 0 atom stereocenters. The summed E-state index contributed by atoms with van der Waals surface area (Å²) in [6, 6.07) is 19.9. The molecule has 0 bridgehead atoms. The topological polar surface area (TPSA) is 37.9 Å². The number of hydrogen-bond donors (Lipinski definition) is 1. The minimum atomic E-state index is 0.838. The Morgan fingerprint density at radius 2 is 1.75 bits per heavy atom. The number of nitrogens with one attached hydrogen (secondary N) is 1. The van der Waals surface area contributed by atoms with Crippen LogP contribution in [0.15, 0.2) is 71.9 Å². The van der Waals surface area contributed by atoms with Gasteiger partial charge in [0, 0.05) is 17.5 Å². The molecule has 3 rings (SSSR count). The SMILES string of the molecule is c1ccc(Oc2ccccc2CSc2ccn[nH]2)cc1. The van der Waals surface area contributed by atoms with Gasteiger partial charge < -0.3 is 4.74 Å². The van der Waals surface area contributed by atoms with Crippen LogP contribution in [0.3, 0.4) is 0 Å². The summed E-state index contributed by atoms with van der Waals surface area (Å²) in [6.07, 6.45) is 1.76. The maximum Gasteiger partial charge on any atom is 0.131 e. The number of para-hydroxylation sites is 2. The molecular formula is C16H14N2OS. The van der Waals surface area contributed by atoms with Crippen LogP contribution in [0.25, 0.3) is 0 Å². The van der Waals surface area contributed by atoms with Crippen molar-refractivity contribution >= 4 is 11.8 Å². The predicted octanol–water partition coefficient (Wildman–Crippen LogP) is 4.49. The highest BCUT2D eigenvalue weighted by atomic mass is 32.2. The van der Waals surface area contributed by atoms with Crippen molar-refractivity contribution < 1.29 is 4.74 Å². The van der Waals surface area contributed by atoms with E-state index in [0.29, 0.717) is 0 Å². The second-order valence-corrected chi connectivity index (χ2v) is 5.25. The van der Waals surface area contributed by atoms with Gasteiger partial charge in [0.15, 0.2) is 0 Å². The Kier molecular flexibility index (Phi) is 4.04. The summed E-state index contributed by atoms with van der Waals surface area (Å²) in [4.78, 5) is 0. The van der Waals surface area contributed by atoms with Crippen LogP contribution in [0, 0.1) is 0 Å². The molecule has 1 aromatic heterocycles. The van der Waals surface area contributed by atoms with E-state index in [1.54, 1.807) is 18.0 Å². The molecule has 0 saturated heterocycles. The lowest BCUT2D eigenvalue weighted by molar-refractivity contribution is 0.478. The van der Waals surface area contributed by atoms with Gasteiger partial charge in [-0.2, -0.15) is 5.10 Å². The van der Waals surface area contributed by atoms with Crippen molar-refractivity contribution in [3.05, 3.63) is 72.4 Å². The second-order valence-electron chi connectivity index (χ2n) is 4.23. The number of ether oxygens (including phenoxy) is 1. The largest absolute Gasteiger partial charge is 0.457 e. The van der Waals surface area contributed by atoms with E-state index in [4.69, 9.17) is 4.74 Å². The first-order chi connectivity index (χ1) is 9.92. The first-order valence-electron chi connectivity index (χ1n) is 6.35. The molecule has 0 unspecified atom stereocenters. The van der Waals surface area contributed by atoms with Crippen molar-refractivity contribution in [1.29, 1.82) is 0 Å². The quantitative estimate of drug-likeness (QED) is 0.700. The molecule has 0 spiro atoms. The van der Waals surface area contributed by atoms with Crippen LogP contribution >= 0.6 is 11.8 Å². The Bertz CT molecular complexity index is 653. The lowest BCUT2D eigenvalue weighted by Gasteiger charge is -2.10. The number of nitrogens with zero attached hydrogens (tertiary/aromatic N) is 1. The fraction of sp³-hybridized carbons (Fsp3) is 0.0625. The number of aromatic nitrogens is 2. The molecule has 1 heterocycles. The fourth-order valence-corrected chi connectivity index (χ4v) is 2.64. The highest BCUT2D eigenvalue weighted by Gasteiger charge is 2.05. The molecule has 100 valence electrons. The van der Waals surface area contributed by atoms with Crippen LogP contribution in [0.1, 0.15) is 5.56 Å². The predicted molar refractivity (Wildman–Crippen MR) is 81.1 cm³/mol. The minimum Gasteiger partial charge on any atom is -0.457 e. The van der Waals surface area contributed by atoms with Crippen molar-refractivity contribution in [3.63, 3.8) is 0 Å². The second kappa shape index (κ2) is 6.30. The third-order valence-corrected chi connectivity index (χ3v) is 3.80. The van der Waals surface area contributed by atoms with E-state index < -0.39 is 0 Å². The van der Waals surface area contributed by atoms with Gasteiger partial charge in [0.1, 0.15) is 11.5 Å². The normalized spacial score (nSPS) is 10.4. The van der Waals surface area contributed by atoms with Crippen molar-refractivity contribution in [3.8, 4) is 11.5 Å². The smallest absolute Gasteiger partial charge is 0.131 e. The minimum absolute atomic E-state index is 0.838. The highest BCUT2D eigenvalue weighted by molar-refractivity contribution is 7.98. The summed E-state index contributed by atoms with van der Waals surface area (Å²) in [7, 11) is 0. The van der Waals surface area contributed by atoms with Crippen molar-refractivity contribution in [1.82, 2.24) is 10.2 Å². The van der Waals surface area contributed by atoms with E-state index in [1.165, 1.54) is 0 Å². The van der Waals surface area contributed by atoms with Crippen molar-refractivity contribution in [2.24, 2.45) is 0 Å².